The van der Waals surface area contributed by atoms with Crippen molar-refractivity contribution in [3.8, 4) is 11.6 Å². The Morgan fingerprint density at radius 3 is 2.95 bits per heavy atom. The number of nitrogens with zero attached hydrogens (tertiary/aromatic N) is 1. The van der Waals surface area contributed by atoms with E-state index in [1.807, 2.05) is 24.3 Å². The maximum absolute atomic E-state index is 6.15. The number of pyridine rings is 1. The van der Waals surface area contributed by atoms with Gasteiger partial charge in [-0.05, 0) is 37.1 Å². The number of rotatable bonds is 3. The Bertz CT molecular complexity index is 600. The van der Waals surface area contributed by atoms with Gasteiger partial charge in [-0.2, -0.15) is 0 Å². The Kier molecular flexibility index (Phi) is 3.74. The molecule has 1 N–H and O–H groups in total. The van der Waals surface area contributed by atoms with Crippen LogP contribution in [0.2, 0.25) is 0 Å². The smallest absolute Gasteiger partial charge is 0.221 e. The van der Waals surface area contributed by atoms with Crippen LogP contribution in [0, 0.1) is 5.92 Å². The van der Waals surface area contributed by atoms with Crippen LogP contribution >= 0.6 is 0 Å². The maximum Gasteiger partial charge on any atom is 0.221 e. The van der Waals surface area contributed by atoms with E-state index in [9.17, 15) is 0 Å². The van der Waals surface area contributed by atoms with Crippen LogP contribution in [0.1, 0.15) is 13.3 Å². The second-order valence-corrected chi connectivity index (χ2v) is 5.30. The first-order valence-electron chi connectivity index (χ1n) is 7.08. The number of methoxy groups -OCH3 is 1. The van der Waals surface area contributed by atoms with E-state index >= 15 is 0 Å². The fourth-order valence-electron chi connectivity index (χ4n) is 2.69. The minimum Gasteiger partial charge on any atom is -0.496 e. The zero-order valence-electron chi connectivity index (χ0n) is 11.9. The molecule has 1 aliphatic rings. The van der Waals surface area contributed by atoms with Crippen molar-refractivity contribution in [1.29, 1.82) is 0 Å². The Morgan fingerprint density at radius 1 is 1.25 bits per heavy atom. The minimum absolute atomic E-state index is 0.174. The van der Waals surface area contributed by atoms with Crippen LogP contribution in [0.5, 0.6) is 11.6 Å². The zero-order valence-corrected chi connectivity index (χ0v) is 11.9. The van der Waals surface area contributed by atoms with Gasteiger partial charge in [0.05, 0.1) is 7.11 Å². The lowest BCUT2D eigenvalue weighted by molar-refractivity contribution is 0.111. The highest BCUT2D eigenvalue weighted by molar-refractivity contribution is 5.91. The molecular formula is C16H20N2O2. The molecule has 2 heterocycles. The monoisotopic (exact) mass is 272 g/mol. The number of hydrogen-bond donors (Lipinski definition) is 1. The van der Waals surface area contributed by atoms with Crippen molar-refractivity contribution in [2.24, 2.45) is 5.92 Å². The number of piperidine rings is 1. The van der Waals surface area contributed by atoms with Crippen LogP contribution in [0.25, 0.3) is 10.8 Å². The van der Waals surface area contributed by atoms with E-state index in [2.05, 4.69) is 17.2 Å². The molecule has 3 rings (SSSR count). The van der Waals surface area contributed by atoms with Gasteiger partial charge >= 0.3 is 0 Å². The van der Waals surface area contributed by atoms with E-state index in [1.165, 1.54) is 0 Å². The van der Waals surface area contributed by atoms with Gasteiger partial charge in [-0.3, -0.25) is 0 Å². The lowest BCUT2D eigenvalue weighted by atomic mass is 9.97. The Balaban J connectivity index is 1.95. The molecule has 0 radical (unpaired) electrons. The standard InChI is InChI=1S/C16H20N2O2/c1-11-6-8-17-10-15(11)20-16-13-4-3-5-14(19-2)12(13)7-9-18-16/h3-5,7,9,11,15,17H,6,8,10H2,1-2H3. The molecule has 0 aliphatic carbocycles. The van der Waals surface area contributed by atoms with E-state index in [1.54, 1.807) is 13.3 Å². The highest BCUT2D eigenvalue weighted by atomic mass is 16.5. The number of benzene rings is 1. The third-order valence-corrected chi connectivity index (χ3v) is 3.97. The van der Waals surface area contributed by atoms with Crippen LogP contribution in [0.4, 0.5) is 0 Å². The van der Waals surface area contributed by atoms with Gasteiger partial charge in [0.25, 0.3) is 0 Å². The Morgan fingerprint density at radius 2 is 2.15 bits per heavy atom. The first-order valence-corrected chi connectivity index (χ1v) is 7.08. The highest BCUT2D eigenvalue weighted by Gasteiger charge is 2.23. The fourth-order valence-corrected chi connectivity index (χ4v) is 2.69. The quantitative estimate of drug-likeness (QED) is 0.932. The molecule has 0 spiro atoms. The number of ether oxygens (including phenoxy) is 2. The van der Waals surface area contributed by atoms with Crippen LogP contribution < -0.4 is 14.8 Å². The molecular weight excluding hydrogens is 252 g/mol. The summed E-state index contributed by atoms with van der Waals surface area (Å²) in [4.78, 5) is 4.41. The summed E-state index contributed by atoms with van der Waals surface area (Å²) >= 11 is 0. The summed E-state index contributed by atoms with van der Waals surface area (Å²) in [5, 5.41) is 5.42. The largest absolute Gasteiger partial charge is 0.496 e. The van der Waals surface area contributed by atoms with E-state index in [0.29, 0.717) is 11.8 Å². The lowest BCUT2D eigenvalue weighted by Gasteiger charge is -2.29. The van der Waals surface area contributed by atoms with Crippen LogP contribution in [0.3, 0.4) is 0 Å². The van der Waals surface area contributed by atoms with Gasteiger partial charge in [-0.1, -0.05) is 13.0 Å². The summed E-state index contributed by atoms with van der Waals surface area (Å²) in [5.41, 5.74) is 0. The van der Waals surface area contributed by atoms with E-state index in [0.717, 1.165) is 36.0 Å². The van der Waals surface area contributed by atoms with Crippen molar-refractivity contribution in [3.63, 3.8) is 0 Å². The summed E-state index contributed by atoms with van der Waals surface area (Å²) in [6.07, 6.45) is 3.09. The number of nitrogens with one attached hydrogen (secondary N) is 1. The molecule has 2 aromatic rings. The molecule has 4 nitrogen and oxygen atoms in total. The molecule has 2 unspecified atom stereocenters. The van der Waals surface area contributed by atoms with Gasteiger partial charge in [-0.15, -0.1) is 0 Å². The SMILES string of the molecule is COc1cccc2c(OC3CNCCC3C)nccc12. The van der Waals surface area contributed by atoms with Gasteiger partial charge in [0.1, 0.15) is 11.9 Å². The minimum atomic E-state index is 0.174. The summed E-state index contributed by atoms with van der Waals surface area (Å²) in [6.45, 7) is 4.18. The third-order valence-electron chi connectivity index (χ3n) is 3.97. The molecule has 1 fully saturated rings. The second-order valence-electron chi connectivity index (χ2n) is 5.30. The fraction of sp³-hybridized carbons (Fsp3) is 0.438. The average Bonchev–Trinajstić information content (AvgIpc) is 2.49. The molecule has 106 valence electrons. The molecule has 1 aliphatic heterocycles. The summed E-state index contributed by atoms with van der Waals surface area (Å²) in [5.74, 6) is 2.09. The van der Waals surface area contributed by atoms with E-state index in [-0.39, 0.29) is 6.10 Å². The molecule has 1 aromatic heterocycles. The van der Waals surface area contributed by atoms with E-state index < -0.39 is 0 Å². The van der Waals surface area contributed by atoms with E-state index in [4.69, 9.17) is 9.47 Å². The topological polar surface area (TPSA) is 43.4 Å². The second kappa shape index (κ2) is 5.67. The summed E-state index contributed by atoms with van der Waals surface area (Å²) in [6, 6.07) is 7.92. The van der Waals surface area contributed by atoms with Crippen molar-refractivity contribution in [1.82, 2.24) is 10.3 Å². The van der Waals surface area contributed by atoms with Gasteiger partial charge in [-0.25, -0.2) is 4.98 Å². The lowest BCUT2D eigenvalue weighted by Crippen LogP contribution is -2.43. The van der Waals surface area contributed by atoms with Crippen molar-refractivity contribution in [2.75, 3.05) is 20.2 Å². The zero-order chi connectivity index (χ0) is 13.9. The average molecular weight is 272 g/mol. The van der Waals surface area contributed by atoms with Gasteiger partial charge in [0.15, 0.2) is 0 Å². The Labute approximate surface area is 119 Å². The normalized spacial score (nSPS) is 22.7. The van der Waals surface area contributed by atoms with Gasteiger partial charge < -0.3 is 14.8 Å². The summed E-state index contributed by atoms with van der Waals surface area (Å²) < 4.78 is 11.5. The van der Waals surface area contributed by atoms with Crippen LogP contribution in [0.15, 0.2) is 30.5 Å². The van der Waals surface area contributed by atoms with Crippen molar-refractivity contribution < 1.29 is 9.47 Å². The molecule has 2 atom stereocenters. The molecule has 1 saturated heterocycles. The van der Waals surface area contributed by atoms with Crippen LogP contribution in [-0.2, 0) is 0 Å². The summed E-state index contributed by atoms with van der Waals surface area (Å²) in [7, 11) is 1.68. The third kappa shape index (κ3) is 2.43. The van der Waals surface area contributed by atoms with Gasteiger partial charge in [0, 0.05) is 23.5 Å². The number of aromatic nitrogens is 1. The predicted octanol–water partition coefficient (Wildman–Crippen LogP) is 2.62. The van der Waals surface area contributed by atoms with Crippen LogP contribution in [-0.4, -0.2) is 31.3 Å². The van der Waals surface area contributed by atoms with Gasteiger partial charge in [0.2, 0.25) is 5.88 Å². The molecule has 1 aromatic carbocycles. The molecule has 0 saturated carbocycles. The molecule has 0 amide bonds. The maximum atomic E-state index is 6.15. The first kappa shape index (κ1) is 13.2. The highest BCUT2D eigenvalue weighted by Crippen LogP contribution is 2.31. The number of hydrogen-bond acceptors (Lipinski definition) is 4. The molecule has 4 heteroatoms. The number of fused-ring (bicyclic) bond motifs is 1. The van der Waals surface area contributed by atoms with Crippen molar-refractivity contribution >= 4 is 10.8 Å². The van der Waals surface area contributed by atoms with Crippen molar-refractivity contribution in [2.45, 2.75) is 19.4 Å². The Hall–Kier alpha value is -1.81. The predicted molar refractivity (Wildman–Crippen MR) is 79.4 cm³/mol. The molecule has 20 heavy (non-hydrogen) atoms. The van der Waals surface area contributed by atoms with Crippen molar-refractivity contribution in [3.05, 3.63) is 30.5 Å². The molecule has 0 bridgehead atoms. The first-order chi connectivity index (χ1) is 9.79.